The van der Waals surface area contributed by atoms with E-state index >= 15 is 0 Å². The molecule has 4 heteroatoms. The van der Waals surface area contributed by atoms with Crippen LogP contribution in [0.25, 0.3) is 92.0 Å². The first-order valence-corrected chi connectivity index (χ1v) is 16.3. The van der Waals surface area contributed by atoms with Crippen molar-refractivity contribution < 1.29 is 0 Å². The van der Waals surface area contributed by atoms with Crippen molar-refractivity contribution in [1.29, 1.82) is 0 Å². The molecule has 0 radical (unpaired) electrons. The van der Waals surface area contributed by atoms with Crippen LogP contribution in [0.3, 0.4) is 0 Å². The molecule has 0 amide bonds. The molecule has 3 aromatic heterocycles. The molecule has 0 aliphatic carbocycles. The molecule has 10 aromatic rings. The van der Waals surface area contributed by atoms with E-state index in [1.54, 1.807) is 0 Å². The lowest BCUT2D eigenvalue weighted by atomic mass is 10.0. The summed E-state index contributed by atoms with van der Waals surface area (Å²) in [6, 6.07) is 54.0. The number of rotatable bonds is 3. The monoisotopic (exact) mass is 603 g/mol. The number of aromatic nitrogens is 3. The van der Waals surface area contributed by atoms with E-state index in [0.717, 1.165) is 33.5 Å². The second-order valence-electron chi connectivity index (χ2n) is 11.8. The van der Waals surface area contributed by atoms with Gasteiger partial charge in [0.1, 0.15) is 0 Å². The molecule has 3 heterocycles. The highest BCUT2D eigenvalue weighted by Crippen LogP contribution is 2.46. The Labute approximate surface area is 268 Å². The van der Waals surface area contributed by atoms with Crippen LogP contribution < -0.4 is 0 Å². The fourth-order valence-electron chi connectivity index (χ4n) is 7.09. The Bertz CT molecular complexity index is 2810. The Balaban J connectivity index is 1.27. The van der Waals surface area contributed by atoms with Crippen LogP contribution in [0.4, 0.5) is 0 Å². The Hall–Kier alpha value is -5.84. The van der Waals surface area contributed by atoms with Crippen molar-refractivity contribution >= 4 is 75.0 Å². The second-order valence-corrected chi connectivity index (χ2v) is 12.8. The molecule has 0 saturated carbocycles. The molecule has 0 bridgehead atoms. The zero-order valence-corrected chi connectivity index (χ0v) is 25.5. The molecule has 0 aliphatic rings. The van der Waals surface area contributed by atoms with Crippen molar-refractivity contribution in [3.63, 3.8) is 0 Å². The van der Waals surface area contributed by atoms with Gasteiger partial charge in [0, 0.05) is 53.1 Å². The molecule has 10 rings (SSSR count). The average Bonchev–Trinajstić information content (AvgIpc) is 3.67. The summed E-state index contributed by atoms with van der Waals surface area (Å²) in [5.41, 5.74) is 7.68. The van der Waals surface area contributed by atoms with Crippen molar-refractivity contribution in [1.82, 2.24) is 14.5 Å². The molecule has 0 atom stereocenters. The minimum Gasteiger partial charge on any atom is -0.309 e. The van der Waals surface area contributed by atoms with Gasteiger partial charge in [-0.25, -0.2) is 9.97 Å². The summed E-state index contributed by atoms with van der Waals surface area (Å²) in [7, 11) is 0. The molecule has 0 saturated heterocycles. The standard InChI is InChI=1S/C42H25N3S/c1-2-13-29(14-3-1)45-36-20-9-7-16-33(36)38-37(45)24-23-31-30-17-10-18-34(40(30)46-41(31)38)39-32-15-6-8-19-35(32)43-42(44-39)28-22-21-26-11-4-5-12-27(26)25-28/h1-25H. The third kappa shape index (κ3) is 3.71. The van der Waals surface area contributed by atoms with E-state index in [1.165, 1.54) is 58.4 Å². The van der Waals surface area contributed by atoms with Gasteiger partial charge in [0.15, 0.2) is 5.82 Å². The smallest absolute Gasteiger partial charge is 0.160 e. The number of hydrogen-bond acceptors (Lipinski definition) is 3. The lowest BCUT2D eigenvalue weighted by Crippen LogP contribution is -1.95. The first-order valence-electron chi connectivity index (χ1n) is 15.5. The Kier molecular flexibility index (Phi) is 5.45. The van der Waals surface area contributed by atoms with E-state index in [2.05, 4.69) is 156 Å². The summed E-state index contributed by atoms with van der Waals surface area (Å²) in [6.07, 6.45) is 0. The zero-order valence-electron chi connectivity index (χ0n) is 24.7. The van der Waals surface area contributed by atoms with Crippen LogP contribution in [-0.2, 0) is 0 Å². The number of para-hydroxylation sites is 3. The number of fused-ring (bicyclic) bond motifs is 9. The van der Waals surface area contributed by atoms with Crippen LogP contribution >= 0.6 is 11.3 Å². The minimum atomic E-state index is 0.742. The van der Waals surface area contributed by atoms with Crippen molar-refractivity contribution in [2.24, 2.45) is 0 Å². The van der Waals surface area contributed by atoms with Crippen LogP contribution in [-0.4, -0.2) is 14.5 Å². The summed E-state index contributed by atoms with van der Waals surface area (Å²) in [5.74, 6) is 0.742. The van der Waals surface area contributed by atoms with Crippen LogP contribution in [0.1, 0.15) is 0 Å². The van der Waals surface area contributed by atoms with E-state index in [9.17, 15) is 0 Å². The summed E-state index contributed by atoms with van der Waals surface area (Å²) < 4.78 is 4.94. The molecule has 0 N–H and O–H groups in total. The normalized spacial score (nSPS) is 11.9. The Morgan fingerprint density at radius 3 is 2.13 bits per heavy atom. The molecule has 46 heavy (non-hydrogen) atoms. The van der Waals surface area contributed by atoms with Crippen LogP contribution in [0.15, 0.2) is 152 Å². The molecule has 3 nitrogen and oxygen atoms in total. The quantitative estimate of drug-likeness (QED) is 0.201. The zero-order chi connectivity index (χ0) is 30.2. The van der Waals surface area contributed by atoms with Gasteiger partial charge in [-0.3, -0.25) is 0 Å². The largest absolute Gasteiger partial charge is 0.309 e. The van der Waals surface area contributed by atoms with E-state index in [1.807, 2.05) is 11.3 Å². The third-order valence-corrected chi connectivity index (χ3v) is 10.5. The highest BCUT2D eigenvalue weighted by molar-refractivity contribution is 7.27. The molecule has 0 spiro atoms. The van der Waals surface area contributed by atoms with Gasteiger partial charge in [-0.1, -0.05) is 115 Å². The predicted octanol–water partition coefficient (Wildman–Crippen LogP) is 11.6. The molecule has 0 aliphatic heterocycles. The molecular formula is C42H25N3S. The van der Waals surface area contributed by atoms with Crippen molar-refractivity contribution in [3.8, 4) is 28.3 Å². The average molecular weight is 604 g/mol. The summed E-state index contributed by atoms with van der Waals surface area (Å²) in [4.78, 5) is 10.4. The van der Waals surface area contributed by atoms with Crippen molar-refractivity contribution in [2.45, 2.75) is 0 Å². The molecule has 7 aromatic carbocycles. The minimum absolute atomic E-state index is 0.742. The maximum Gasteiger partial charge on any atom is 0.160 e. The van der Waals surface area contributed by atoms with Crippen LogP contribution in [0, 0.1) is 0 Å². The summed E-state index contributed by atoms with van der Waals surface area (Å²) >= 11 is 1.87. The van der Waals surface area contributed by atoms with E-state index in [4.69, 9.17) is 9.97 Å². The number of nitrogens with zero attached hydrogens (tertiary/aromatic N) is 3. The van der Waals surface area contributed by atoms with Crippen molar-refractivity contribution in [3.05, 3.63) is 152 Å². The third-order valence-electron chi connectivity index (χ3n) is 9.18. The highest BCUT2D eigenvalue weighted by atomic mass is 32.1. The fourth-order valence-corrected chi connectivity index (χ4v) is 8.46. The summed E-state index contributed by atoms with van der Waals surface area (Å²) in [6.45, 7) is 0. The molecule has 0 unspecified atom stereocenters. The number of benzene rings is 7. The number of hydrogen-bond donors (Lipinski definition) is 0. The first-order chi connectivity index (χ1) is 22.8. The number of thiophene rings is 1. The molecular weight excluding hydrogens is 579 g/mol. The van der Waals surface area contributed by atoms with Gasteiger partial charge in [0.05, 0.1) is 22.2 Å². The van der Waals surface area contributed by atoms with E-state index in [-0.39, 0.29) is 0 Å². The Morgan fingerprint density at radius 1 is 0.478 bits per heavy atom. The SMILES string of the molecule is c1ccc(-n2c3ccccc3c3c4sc5c(-c6nc(-c7ccc8ccccc8c7)nc7ccccc67)cccc5c4ccc32)cc1. The van der Waals surface area contributed by atoms with Gasteiger partial charge < -0.3 is 4.57 Å². The van der Waals surface area contributed by atoms with Gasteiger partial charge in [-0.2, -0.15) is 0 Å². The van der Waals surface area contributed by atoms with Gasteiger partial charge >= 0.3 is 0 Å². The predicted molar refractivity (Wildman–Crippen MR) is 195 cm³/mol. The van der Waals surface area contributed by atoms with Crippen LogP contribution in [0.5, 0.6) is 0 Å². The maximum atomic E-state index is 5.32. The fraction of sp³-hybridized carbons (Fsp3) is 0. The van der Waals surface area contributed by atoms with Crippen molar-refractivity contribution in [2.75, 3.05) is 0 Å². The topological polar surface area (TPSA) is 30.7 Å². The molecule has 0 fully saturated rings. The van der Waals surface area contributed by atoms with Gasteiger partial charge in [-0.15, -0.1) is 11.3 Å². The Morgan fingerprint density at radius 2 is 1.22 bits per heavy atom. The summed E-state index contributed by atoms with van der Waals surface area (Å²) in [5, 5.41) is 8.55. The van der Waals surface area contributed by atoms with Gasteiger partial charge in [0.25, 0.3) is 0 Å². The van der Waals surface area contributed by atoms with Crippen LogP contribution in [0.2, 0.25) is 0 Å². The van der Waals surface area contributed by atoms with Gasteiger partial charge in [-0.05, 0) is 47.2 Å². The lowest BCUT2D eigenvalue weighted by molar-refractivity contribution is 1.18. The van der Waals surface area contributed by atoms with Gasteiger partial charge in [0.2, 0.25) is 0 Å². The second kappa shape index (κ2) is 9.83. The first kappa shape index (κ1) is 25.5. The van der Waals surface area contributed by atoms with E-state index < -0.39 is 0 Å². The lowest BCUT2D eigenvalue weighted by Gasteiger charge is -2.11. The van der Waals surface area contributed by atoms with E-state index in [0.29, 0.717) is 0 Å². The maximum absolute atomic E-state index is 5.32. The highest BCUT2D eigenvalue weighted by Gasteiger charge is 2.20. The molecule has 214 valence electrons.